The third kappa shape index (κ3) is 3.61. The van der Waals surface area contributed by atoms with Crippen LogP contribution in [0.2, 0.25) is 0 Å². The second kappa shape index (κ2) is 6.61. The molecule has 0 aliphatic rings. The minimum Gasteiger partial charge on any atom is -0.472 e. The zero-order valence-corrected chi connectivity index (χ0v) is 11.6. The lowest BCUT2D eigenvalue weighted by Gasteiger charge is -1.99. The predicted molar refractivity (Wildman–Crippen MR) is 72.6 cm³/mol. The Kier molecular flexibility index (Phi) is 4.83. The maximum Gasteiger partial charge on any atom is 0.315 e. The molecule has 0 aromatic carbocycles. The van der Waals surface area contributed by atoms with Crippen molar-refractivity contribution in [1.82, 2.24) is 4.98 Å². The number of furan rings is 1. The van der Waals surface area contributed by atoms with E-state index >= 15 is 0 Å². The van der Waals surface area contributed by atoms with Gasteiger partial charge in [-0.25, -0.2) is 4.98 Å². The van der Waals surface area contributed by atoms with Crippen LogP contribution in [-0.2, 0) is 15.3 Å². The molecule has 0 amide bonds. The Morgan fingerprint density at radius 2 is 2.50 bits per heavy atom. The molecular formula is C12H13NO3S2. The highest BCUT2D eigenvalue weighted by molar-refractivity contribution is 7.99. The van der Waals surface area contributed by atoms with Crippen LogP contribution in [0.15, 0.2) is 28.4 Å². The fourth-order valence-electron chi connectivity index (χ4n) is 1.33. The number of hydrogen-bond donors (Lipinski definition) is 0. The van der Waals surface area contributed by atoms with Crippen molar-refractivity contribution in [3.05, 3.63) is 29.7 Å². The fourth-order valence-corrected chi connectivity index (χ4v) is 2.95. The zero-order valence-electron chi connectivity index (χ0n) is 9.92. The van der Waals surface area contributed by atoms with Crippen LogP contribution in [0.25, 0.3) is 10.6 Å². The molecule has 0 saturated carbocycles. The van der Waals surface area contributed by atoms with Gasteiger partial charge in [-0.1, -0.05) is 0 Å². The third-order valence-electron chi connectivity index (χ3n) is 2.10. The van der Waals surface area contributed by atoms with Gasteiger partial charge in [0.1, 0.15) is 11.3 Å². The van der Waals surface area contributed by atoms with Gasteiger partial charge in [0.05, 0.1) is 24.3 Å². The number of carbonyl (C=O) groups excluding carboxylic acids is 1. The lowest BCUT2D eigenvalue weighted by atomic mass is 10.4. The average molecular weight is 283 g/mol. The summed E-state index contributed by atoms with van der Waals surface area (Å²) in [6.45, 7) is 2.24. The Balaban J connectivity index is 1.82. The van der Waals surface area contributed by atoms with Crippen molar-refractivity contribution in [1.29, 1.82) is 0 Å². The molecule has 4 nitrogen and oxygen atoms in total. The number of thioether (sulfide) groups is 1. The van der Waals surface area contributed by atoms with E-state index in [4.69, 9.17) is 9.15 Å². The van der Waals surface area contributed by atoms with E-state index in [0.717, 1.165) is 16.3 Å². The number of rotatable bonds is 6. The lowest BCUT2D eigenvalue weighted by Crippen LogP contribution is -2.06. The van der Waals surface area contributed by atoms with Gasteiger partial charge in [0.2, 0.25) is 0 Å². The van der Waals surface area contributed by atoms with Crippen molar-refractivity contribution < 1.29 is 13.9 Å². The summed E-state index contributed by atoms with van der Waals surface area (Å²) in [6.07, 6.45) is 3.31. The molecule has 0 saturated heterocycles. The Hall–Kier alpha value is -1.27. The molecule has 0 spiro atoms. The van der Waals surface area contributed by atoms with Gasteiger partial charge in [0.25, 0.3) is 0 Å². The highest BCUT2D eigenvalue weighted by atomic mass is 32.2. The van der Waals surface area contributed by atoms with E-state index in [1.54, 1.807) is 30.8 Å². The molecule has 0 fully saturated rings. The maximum atomic E-state index is 11.2. The second-order valence-electron chi connectivity index (χ2n) is 3.45. The average Bonchev–Trinajstić information content (AvgIpc) is 2.99. The first kappa shape index (κ1) is 13.2. The first-order valence-electron chi connectivity index (χ1n) is 5.50. The number of ether oxygens (including phenoxy) is 1. The van der Waals surface area contributed by atoms with Crippen LogP contribution in [0.3, 0.4) is 0 Å². The predicted octanol–water partition coefficient (Wildman–Crippen LogP) is 3.20. The van der Waals surface area contributed by atoms with Crippen molar-refractivity contribution >= 4 is 29.1 Å². The van der Waals surface area contributed by atoms with Gasteiger partial charge in [-0.2, -0.15) is 0 Å². The van der Waals surface area contributed by atoms with Crippen molar-refractivity contribution in [2.75, 3.05) is 12.4 Å². The molecule has 2 aromatic heterocycles. The van der Waals surface area contributed by atoms with Crippen molar-refractivity contribution in [2.45, 2.75) is 12.7 Å². The SMILES string of the molecule is CCOC(=O)CSCc1csc(-c2ccoc2)n1. The second-order valence-corrected chi connectivity index (χ2v) is 5.30. The summed E-state index contributed by atoms with van der Waals surface area (Å²) in [5.41, 5.74) is 1.96. The number of aromatic nitrogens is 1. The topological polar surface area (TPSA) is 52.3 Å². The smallest absolute Gasteiger partial charge is 0.315 e. The fraction of sp³-hybridized carbons (Fsp3) is 0.333. The highest BCUT2D eigenvalue weighted by Gasteiger charge is 2.07. The third-order valence-corrected chi connectivity index (χ3v) is 3.97. The summed E-state index contributed by atoms with van der Waals surface area (Å²) in [5.74, 6) is 0.910. The van der Waals surface area contributed by atoms with Crippen molar-refractivity contribution in [3.8, 4) is 10.6 Å². The highest BCUT2D eigenvalue weighted by Crippen LogP contribution is 2.25. The van der Waals surface area contributed by atoms with Crippen LogP contribution < -0.4 is 0 Å². The van der Waals surface area contributed by atoms with E-state index in [1.807, 2.05) is 11.4 Å². The monoisotopic (exact) mass is 283 g/mol. The summed E-state index contributed by atoms with van der Waals surface area (Å²) in [6, 6.07) is 1.88. The van der Waals surface area contributed by atoms with Crippen LogP contribution in [0, 0.1) is 0 Å². The molecule has 6 heteroatoms. The van der Waals surface area contributed by atoms with E-state index in [0.29, 0.717) is 18.1 Å². The molecule has 0 atom stereocenters. The summed E-state index contributed by atoms with van der Waals surface area (Å²) < 4.78 is 9.87. The summed E-state index contributed by atoms with van der Waals surface area (Å²) >= 11 is 3.09. The molecule has 0 N–H and O–H groups in total. The molecule has 0 bridgehead atoms. The molecule has 18 heavy (non-hydrogen) atoms. The van der Waals surface area contributed by atoms with E-state index < -0.39 is 0 Å². The van der Waals surface area contributed by atoms with Crippen LogP contribution in [-0.4, -0.2) is 23.3 Å². The molecule has 2 aromatic rings. The van der Waals surface area contributed by atoms with E-state index in [2.05, 4.69) is 4.98 Å². The number of carbonyl (C=O) groups is 1. The molecule has 2 heterocycles. The first-order valence-corrected chi connectivity index (χ1v) is 7.53. The van der Waals surface area contributed by atoms with Gasteiger partial charge in [-0.15, -0.1) is 23.1 Å². The quantitative estimate of drug-likeness (QED) is 0.762. The molecule has 0 aliphatic heterocycles. The largest absolute Gasteiger partial charge is 0.472 e. The molecule has 2 rings (SSSR count). The number of nitrogens with zero attached hydrogens (tertiary/aromatic N) is 1. The summed E-state index contributed by atoms with van der Waals surface area (Å²) in [7, 11) is 0. The minimum atomic E-state index is -0.173. The van der Waals surface area contributed by atoms with Gasteiger partial charge in [0.15, 0.2) is 0 Å². The normalized spacial score (nSPS) is 10.5. The van der Waals surface area contributed by atoms with Gasteiger partial charge in [0, 0.05) is 16.7 Å². The van der Waals surface area contributed by atoms with Crippen LogP contribution in [0.4, 0.5) is 0 Å². The van der Waals surface area contributed by atoms with Crippen LogP contribution in [0.1, 0.15) is 12.6 Å². The molecule has 0 unspecified atom stereocenters. The van der Waals surface area contributed by atoms with Gasteiger partial charge >= 0.3 is 5.97 Å². The molecule has 96 valence electrons. The van der Waals surface area contributed by atoms with Crippen LogP contribution >= 0.6 is 23.1 Å². The Labute approximate surface area is 113 Å². The zero-order chi connectivity index (χ0) is 12.8. The lowest BCUT2D eigenvalue weighted by molar-refractivity contribution is -0.139. The summed E-state index contributed by atoms with van der Waals surface area (Å²) in [4.78, 5) is 15.6. The molecule has 0 aliphatic carbocycles. The Morgan fingerprint density at radius 3 is 3.22 bits per heavy atom. The molecule has 0 radical (unpaired) electrons. The number of esters is 1. The van der Waals surface area contributed by atoms with E-state index in [9.17, 15) is 4.79 Å². The van der Waals surface area contributed by atoms with E-state index in [1.165, 1.54) is 11.8 Å². The maximum absolute atomic E-state index is 11.2. The first-order chi connectivity index (χ1) is 8.79. The van der Waals surface area contributed by atoms with Gasteiger partial charge < -0.3 is 9.15 Å². The van der Waals surface area contributed by atoms with Crippen molar-refractivity contribution in [2.24, 2.45) is 0 Å². The summed E-state index contributed by atoms with van der Waals surface area (Å²) in [5, 5.41) is 2.94. The van der Waals surface area contributed by atoms with Gasteiger partial charge in [-0.05, 0) is 13.0 Å². The standard InChI is InChI=1S/C12H13NO3S2/c1-2-16-11(14)8-17-6-10-7-18-12(13-10)9-3-4-15-5-9/h3-5,7H,2,6,8H2,1H3. The Morgan fingerprint density at radius 1 is 1.61 bits per heavy atom. The van der Waals surface area contributed by atoms with Crippen LogP contribution in [0.5, 0.6) is 0 Å². The van der Waals surface area contributed by atoms with Crippen molar-refractivity contribution in [3.63, 3.8) is 0 Å². The number of thiazole rings is 1. The molecular weight excluding hydrogens is 270 g/mol. The number of hydrogen-bond acceptors (Lipinski definition) is 6. The Bertz CT molecular complexity index is 493. The van der Waals surface area contributed by atoms with Gasteiger partial charge in [-0.3, -0.25) is 4.79 Å². The van der Waals surface area contributed by atoms with E-state index in [-0.39, 0.29) is 5.97 Å². The minimum absolute atomic E-state index is 0.173.